The number of para-hydroxylation sites is 2. The van der Waals surface area contributed by atoms with Crippen LogP contribution in [0.3, 0.4) is 0 Å². The molecule has 1 amide bonds. The second kappa shape index (κ2) is 8.30. The van der Waals surface area contributed by atoms with Crippen LogP contribution in [0, 0.1) is 0 Å². The third-order valence-electron chi connectivity index (χ3n) is 4.65. The number of nitrogens with zero attached hydrogens (tertiary/aromatic N) is 2. The third kappa shape index (κ3) is 4.08. The number of fused-ring (bicyclic) bond motifs is 2. The summed E-state index contributed by atoms with van der Waals surface area (Å²) in [5.74, 6) is 0.0822. The number of carbonyl (C=O) groups excluding carboxylic acids is 1. The fourth-order valence-electron chi connectivity index (χ4n) is 3.28. The van der Waals surface area contributed by atoms with Gasteiger partial charge in [0.25, 0.3) is 5.22 Å². The molecule has 5 aromatic rings. The van der Waals surface area contributed by atoms with Crippen molar-refractivity contribution in [3.63, 3.8) is 0 Å². The molecule has 0 bridgehead atoms. The van der Waals surface area contributed by atoms with Gasteiger partial charge in [-0.05, 0) is 28.5 Å². The molecule has 1 N–H and O–H groups in total. The van der Waals surface area contributed by atoms with Crippen molar-refractivity contribution >= 4 is 56.0 Å². The third-order valence-corrected chi connectivity index (χ3v) is 6.39. The van der Waals surface area contributed by atoms with Gasteiger partial charge in [-0.15, -0.1) is 11.3 Å². The molecule has 2 heterocycles. The fourth-order valence-corrected chi connectivity index (χ4v) is 4.77. The molecule has 30 heavy (non-hydrogen) atoms. The number of anilines is 1. The van der Waals surface area contributed by atoms with Gasteiger partial charge in [0.15, 0.2) is 10.7 Å². The molecule has 0 aliphatic heterocycles. The number of aromatic nitrogens is 2. The average Bonchev–Trinajstić information content (AvgIpc) is 3.39. The fraction of sp³-hybridized carbons (Fsp3) is 0.0870. The number of oxazole rings is 1. The zero-order valence-corrected chi connectivity index (χ0v) is 17.5. The summed E-state index contributed by atoms with van der Waals surface area (Å²) in [7, 11) is 0. The van der Waals surface area contributed by atoms with Gasteiger partial charge in [-0.2, -0.15) is 0 Å². The van der Waals surface area contributed by atoms with Crippen molar-refractivity contribution in [3.8, 4) is 0 Å². The Kier molecular flexibility index (Phi) is 5.21. The second-order valence-corrected chi connectivity index (χ2v) is 8.77. The molecule has 0 saturated carbocycles. The van der Waals surface area contributed by atoms with Gasteiger partial charge < -0.3 is 9.73 Å². The van der Waals surface area contributed by atoms with Crippen molar-refractivity contribution in [1.29, 1.82) is 0 Å². The Hall–Kier alpha value is -3.16. The maximum atomic E-state index is 12.3. The van der Waals surface area contributed by atoms with E-state index in [1.807, 2.05) is 36.5 Å². The van der Waals surface area contributed by atoms with E-state index in [1.54, 1.807) is 0 Å². The normalized spacial score (nSPS) is 11.2. The number of hydrogen-bond acceptors (Lipinski definition) is 6. The molecule has 5 nitrogen and oxygen atoms in total. The van der Waals surface area contributed by atoms with Crippen LogP contribution in [0.5, 0.6) is 0 Å². The molecule has 0 spiro atoms. The lowest BCUT2D eigenvalue weighted by molar-refractivity contribution is -0.113. The summed E-state index contributed by atoms with van der Waals surface area (Å²) in [6.45, 7) is 0. The average molecular weight is 432 g/mol. The molecule has 0 unspecified atom stereocenters. The van der Waals surface area contributed by atoms with E-state index in [1.165, 1.54) is 39.4 Å². The highest BCUT2D eigenvalue weighted by atomic mass is 32.2. The van der Waals surface area contributed by atoms with Gasteiger partial charge in [0.2, 0.25) is 5.91 Å². The summed E-state index contributed by atoms with van der Waals surface area (Å²) in [6.07, 6.45) is 2.61. The Morgan fingerprint density at radius 1 is 1.03 bits per heavy atom. The lowest BCUT2D eigenvalue weighted by Crippen LogP contribution is -2.13. The summed E-state index contributed by atoms with van der Waals surface area (Å²) in [5, 5.41) is 6.43. The maximum absolute atomic E-state index is 12.3. The largest absolute Gasteiger partial charge is 0.431 e. The number of benzene rings is 3. The van der Waals surface area contributed by atoms with E-state index >= 15 is 0 Å². The molecule has 5 rings (SSSR count). The first-order valence-corrected chi connectivity index (χ1v) is 11.2. The van der Waals surface area contributed by atoms with Crippen molar-refractivity contribution in [1.82, 2.24) is 9.97 Å². The Morgan fingerprint density at radius 3 is 2.80 bits per heavy atom. The topological polar surface area (TPSA) is 68.0 Å². The van der Waals surface area contributed by atoms with Gasteiger partial charge in [0.05, 0.1) is 5.75 Å². The Bertz CT molecular complexity index is 1300. The quantitative estimate of drug-likeness (QED) is 0.346. The molecule has 0 aliphatic carbocycles. The highest BCUT2D eigenvalue weighted by molar-refractivity contribution is 7.99. The molecule has 7 heteroatoms. The molecule has 0 atom stereocenters. The first-order valence-electron chi connectivity index (χ1n) is 9.44. The number of hydrogen-bond donors (Lipinski definition) is 1. The minimum atomic E-state index is -0.131. The van der Waals surface area contributed by atoms with E-state index in [2.05, 4.69) is 51.7 Å². The Labute approximate surface area is 181 Å². The number of thioether (sulfide) groups is 1. The minimum absolute atomic E-state index is 0.131. The molecule has 3 aromatic carbocycles. The Morgan fingerprint density at radius 2 is 1.87 bits per heavy atom. The van der Waals surface area contributed by atoms with Crippen molar-refractivity contribution in [2.45, 2.75) is 11.6 Å². The van der Waals surface area contributed by atoms with E-state index in [0.717, 1.165) is 22.4 Å². The van der Waals surface area contributed by atoms with Gasteiger partial charge in [-0.3, -0.25) is 4.79 Å². The lowest BCUT2D eigenvalue weighted by Gasteiger charge is -2.04. The van der Waals surface area contributed by atoms with Crippen LogP contribution >= 0.6 is 23.1 Å². The number of thiazole rings is 1. The van der Waals surface area contributed by atoms with Gasteiger partial charge >= 0.3 is 0 Å². The monoisotopic (exact) mass is 431 g/mol. The van der Waals surface area contributed by atoms with Gasteiger partial charge in [0.1, 0.15) is 5.52 Å². The highest BCUT2D eigenvalue weighted by Crippen LogP contribution is 2.26. The Balaban J connectivity index is 1.21. The van der Waals surface area contributed by atoms with Gasteiger partial charge in [-0.1, -0.05) is 66.4 Å². The molecule has 0 saturated heterocycles. The first-order chi connectivity index (χ1) is 14.7. The van der Waals surface area contributed by atoms with E-state index in [-0.39, 0.29) is 11.7 Å². The van der Waals surface area contributed by atoms with E-state index in [9.17, 15) is 4.79 Å². The maximum Gasteiger partial charge on any atom is 0.257 e. The van der Waals surface area contributed by atoms with Crippen molar-refractivity contribution in [2.24, 2.45) is 0 Å². The van der Waals surface area contributed by atoms with E-state index < -0.39 is 0 Å². The van der Waals surface area contributed by atoms with Gasteiger partial charge in [0, 0.05) is 17.5 Å². The van der Waals surface area contributed by atoms with Crippen LogP contribution in [0.4, 0.5) is 5.13 Å². The van der Waals surface area contributed by atoms with Crippen molar-refractivity contribution < 1.29 is 9.21 Å². The second-order valence-electron chi connectivity index (χ2n) is 6.73. The molecule has 148 valence electrons. The van der Waals surface area contributed by atoms with Crippen molar-refractivity contribution in [2.75, 3.05) is 11.1 Å². The van der Waals surface area contributed by atoms with Gasteiger partial charge in [-0.25, -0.2) is 9.97 Å². The smallest absolute Gasteiger partial charge is 0.257 e. The summed E-state index contributed by atoms with van der Waals surface area (Å²) in [5.41, 5.74) is 2.76. The molecule has 0 radical (unpaired) electrons. The van der Waals surface area contributed by atoms with Crippen LogP contribution in [-0.2, 0) is 11.2 Å². The summed E-state index contributed by atoms with van der Waals surface area (Å²) < 4.78 is 5.63. The minimum Gasteiger partial charge on any atom is -0.431 e. The standard InChI is InChI=1S/C23H17N3O2S2/c27-21(14-29-23-25-19-10-3-4-11-20(19)28-23)26-22-24-13-17(30-22)12-16-8-5-7-15-6-1-2-9-18(15)16/h1-11,13H,12,14H2,(H,24,26,27). The molecule has 2 aromatic heterocycles. The van der Waals surface area contributed by atoms with Crippen LogP contribution in [0.15, 0.2) is 82.6 Å². The summed E-state index contributed by atoms with van der Waals surface area (Å²) in [4.78, 5) is 22.1. The highest BCUT2D eigenvalue weighted by Gasteiger charge is 2.12. The number of nitrogens with one attached hydrogen (secondary N) is 1. The zero-order valence-electron chi connectivity index (χ0n) is 15.9. The lowest BCUT2D eigenvalue weighted by atomic mass is 10.0. The van der Waals surface area contributed by atoms with E-state index in [4.69, 9.17) is 4.42 Å². The SMILES string of the molecule is O=C(CSc1nc2ccccc2o1)Nc1ncc(Cc2cccc3ccccc23)s1. The van der Waals surface area contributed by atoms with E-state index in [0.29, 0.717) is 10.4 Å². The number of amides is 1. The summed E-state index contributed by atoms with van der Waals surface area (Å²) in [6, 6.07) is 22.2. The predicted molar refractivity (Wildman–Crippen MR) is 122 cm³/mol. The molecular weight excluding hydrogens is 414 g/mol. The molecular formula is C23H17N3O2S2. The van der Waals surface area contributed by atoms with Crippen LogP contribution in [0.2, 0.25) is 0 Å². The predicted octanol–water partition coefficient (Wildman–Crippen LogP) is 5.76. The number of carbonyl (C=O) groups is 1. The van der Waals surface area contributed by atoms with Crippen LogP contribution in [0.25, 0.3) is 21.9 Å². The van der Waals surface area contributed by atoms with Crippen molar-refractivity contribution in [3.05, 3.63) is 83.4 Å². The molecule has 0 aliphatic rings. The molecule has 0 fully saturated rings. The number of rotatable bonds is 6. The van der Waals surface area contributed by atoms with Crippen LogP contribution in [0.1, 0.15) is 10.4 Å². The zero-order chi connectivity index (χ0) is 20.3. The summed E-state index contributed by atoms with van der Waals surface area (Å²) >= 11 is 2.77. The van der Waals surface area contributed by atoms with Crippen LogP contribution < -0.4 is 5.32 Å². The van der Waals surface area contributed by atoms with Crippen LogP contribution in [-0.4, -0.2) is 21.6 Å². The first kappa shape index (κ1) is 18.8.